The lowest BCUT2D eigenvalue weighted by Crippen LogP contribution is -2.47. The number of hydrogen-bond donors (Lipinski definition) is 1. The molecule has 1 saturated heterocycles. The minimum absolute atomic E-state index is 0.0196. The van der Waals surface area contributed by atoms with Crippen molar-refractivity contribution in [1.29, 1.82) is 0 Å². The molecule has 1 aromatic carbocycles. The predicted octanol–water partition coefficient (Wildman–Crippen LogP) is 2.08. The minimum atomic E-state index is -0.302. The van der Waals surface area contributed by atoms with E-state index in [-0.39, 0.29) is 18.3 Å². The Morgan fingerprint density at radius 3 is 2.79 bits per heavy atom. The molecule has 0 unspecified atom stereocenters. The Morgan fingerprint density at radius 2 is 2.03 bits per heavy atom. The smallest absolute Gasteiger partial charge is 0.311 e. The van der Waals surface area contributed by atoms with Crippen molar-refractivity contribution in [2.24, 2.45) is 5.10 Å². The topological polar surface area (TPSA) is 87.1 Å². The van der Waals surface area contributed by atoms with E-state index in [0.29, 0.717) is 23.0 Å². The van der Waals surface area contributed by atoms with Gasteiger partial charge in [-0.1, -0.05) is 18.2 Å². The van der Waals surface area contributed by atoms with Crippen molar-refractivity contribution in [3.63, 3.8) is 0 Å². The summed E-state index contributed by atoms with van der Waals surface area (Å²) in [6, 6.07) is 7.42. The first-order valence-corrected chi connectivity index (χ1v) is 10.4. The molecule has 1 aliphatic rings. The molecule has 0 atom stereocenters. The molecule has 0 aliphatic carbocycles. The van der Waals surface area contributed by atoms with Crippen LogP contribution in [0.15, 0.2) is 34.7 Å². The highest BCUT2D eigenvalue weighted by atomic mass is 32.1. The molecule has 9 heteroatoms. The van der Waals surface area contributed by atoms with Crippen molar-refractivity contribution >= 4 is 34.6 Å². The van der Waals surface area contributed by atoms with Crippen LogP contribution in [-0.2, 0) is 16.0 Å². The van der Waals surface area contributed by atoms with E-state index in [4.69, 9.17) is 4.74 Å². The van der Waals surface area contributed by atoms with Crippen molar-refractivity contribution in [3.8, 4) is 0 Å². The van der Waals surface area contributed by atoms with Gasteiger partial charge in [0.15, 0.2) is 0 Å². The number of rotatable bonds is 7. The Kier molecular flexibility index (Phi) is 7.31. The molecule has 2 heterocycles. The number of likely N-dealkylation sites (N-methyl/N-ethyl adjacent to an activating group) is 1. The van der Waals surface area contributed by atoms with Crippen molar-refractivity contribution < 1.29 is 14.3 Å². The van der Waals surface area contributed by atoms with Crippen LogP contribution in [0.3, 0.4) is 0 Å². The first-order chi connectivity index (χ1) is 14.1. The van der Waals surface area contributed by atoms with Gasteiger partial charge in [-0.15, -0.1) is 11.3 Å². The molecule has 154 valence electrons. The number of ether oxygens (including phenoxy) is 1. The zero-order valence-electron chi connectivity index (χ0n) is 16.6. The molecule has 0 saturated carbocycles. The van der Waals surface area contributed by atoms with E-state index >= 15 is 0 Å². The van der Waals surface area contributed by atoms with Crippen LogP contribution in [0.25, 0.3) is 0 Å². The van der Waals surface area contributed by atoms with E-state index in [2.05, 4.69) is 27.5 Å². The average Bonchev–Trinajstić information content (AvgIpc) is 3.15. The highest BCUT2D eigenvalue weighted by Gasteiger charge is 2.21. The third-order valence-electron chi connectivity index (χ3n) is 4.53. The Hall–Kier alpha value is -2.78. The molecular weight excluding hydrogens is 390 g/mol. The number of nitrogens with one attached hydrogen (secondary N) is 1. The average molecular weight is 416 g/mol. The number of amides is 1. The number of carbonyl (C=O) groups excluding carboxylic acids is 2. The second-order valence-electron chi connectivity index (χ2n) is 6.68. The van der Waals surface area contributed by atoms with E-state index in [9.17, 15) is 9.59 Å². The number of esters is 1. The Balaban J connectivity index is 1.62. The van der Waals surface area contributed by atoms with Crippen LogP contribution in [0, 0.1) is 0 Å². The van der Waals surface area contributed by atoms with Gasteiger partial charge in [0.25, 0.3) is 5.91 Å². The van der Waals surface area contributed by atoms with Crippen LogP contribution in [0.5, 0.6) is 0 Å². The summed E-state index contributed by atoms with van der Waals surface area (Å²) in [6.45, 7) is 5.32. The normalized spacial score (nSPS) is 14.9. The number of hydrazone groups is 1. The molecule has 8 nitrogen and oxygen atoms in total. The third-order valence-corrected chi connectivity index (χ3v) is 5.32. The molecule has 1 fully saturated rings. The molecular formula is C20H25N5O3S. The second kappa shape index (κ2) is 10.1. The Labute approximate surface area is 174 Å². The van der Waals surface area contributed by atoms with Gasteiger partial charge in [-0.2, -0.15) is 5.10 Å². The fraction of sp³-hybridized carbons (Fsp3) is 0.400. The van der Waals surface area contributed by atoms with E-state index < -0.39 is 0 Å². The van der Waals surface area contributed by atoms with Gasteiger partial charge >= 0.3 is 5.97 Å². The van der Waals surface area contributed by atoms with Gasteiger partial charge in [-0.3, -0.25) is 15.0 Å². The Bertz CT molecular complexity index is 875. The van der Waals surface area contributed by atoms with Crippen molar-refractivity contribution in [1.82, 2.24) is 14.8 Å². The lowest BCUT2D eigenvalue weighted by atomic mass is 10.1. The van der Waals surface area contributed by atoms with E-state index in [1.807, 2.05) is 29.2 Å². The largest absolute Gasteiger partial charge is 0.466 e. The monoisotopic (exact) mass is 415 g/mol. The van der Waals surface area contributed by atoms with Crippen molar-refractivity contribution in [2.75, 3.05) is 45.3 Å². The van der Waals surface area contributed by atoms with Gasteiger partial charge in [0.2, 0.25) is 5.13 Å². The van der Waals surface area contributed by atoms with Crippen LogP contribution in [0.4, 0.5) is 5.13 Å². The minimum Gasteiger partial charge on any atom is -0.466 e. The zero-order valence-corrected chi connectivity index (χ0v) is 17.4. The summed E-state index contributed by atoms with van der Waals surface area (Å²) in [5.41, 5.74) is 4.87. The molecule has 0 bridgehead atoms. The third kappa shape index (κ3) is 5.85. The summed E-state index contributed by atoms with van der Waals surface area (Å²) in [5.74, 6) is -0.282. The molecule has 1 N–H and O–H groups in total. The Morgan fingerprint density at radius 1 is 1.28 bits per heavy atom. The highest BCUT2D eigenvalue weighted by Crippen LogP contribution is 2.17. The summed E-state index contributed by atoms with van der Waals surface area (Å²) < 4.78 is 4.92. The second-order valence-corrected chi connectivity index (χ2v) is 7.54. The summed E-state index contributed by atoms with van der Waals surface area (Å²) in [5, 5.41) is 6.58. The maximum Gasteiger partial charge on any atom is 0.311 e. The van der Waals surface area contributed by atoms with E-state index in [1.54, 1.807) is 18.5 Å². The number of piperazine rings is 1. The summed E-state index contributed by atoms with van der Waals surface area (Å²) in [4.78, 5) is 32.8. The number of thiazole rings is 1. The van der Waals surface area contributed by atoms with Crippen LogP contribution in [0.2, 0.25) is 0 Å². The van der Waals surface area contributed by atoms with Gasteiger partial charge in [0.1, 0.15) is 0 Å². The van der Waals surface area contributed by atoms with E-state index in [1.165, 1.54) is 11.3 Å². The molecule has 1 aromatic heterocycles. The van der Waals surface area contributed by atoms with Crippen molar-refractivity contribution in [2.45, 2.75) is 13.3 Å². The standard InChI is InChI=1S/C20H25N5O3S/c1-3-28-18(26)12-16-14-29-20(22-16)23-21-13-15-6-4-5-7-17(15)19(27)25-10-8-24(2)9-11-25/h4-7,13-14H,3,8-12H2,1-2H3,(H,22,23). The molecule has 1 amide bonds. The van der Waals surface area contributed by atoms with Gasteiger partial charge in [-0.25, -0.2) is 4.98 Å². The van der Waals surface area contributed by atoms with Crippen LogP contribution in [-0.4, -0.2) is 72.7 Å². The molecule has 0 spiro atoms. The molecule has 29 heavy (non-hydrogen) atoms. The predicted molar refractivity (Wildman–Crippen MR) is 114 cm³/mol. The number of benzene rings is 1. The number of nitrogens with zero attached hydrogens (tertiary/aromatic N) is 4. The van der Waals surface area contributed by atoms with Gasteiger partial charge < -0.3 is 14.5 Å². The maximum absolute atomic E-state index is 12.9. The van der Waals surface area contributed by atoms with Gasteiger partial charge in [-0.05, 0) is 20.0 Å². The van der Waals surface area contributed by atoms with Crippen LogP contribution in [0.1, 0.15) is 28.5 Å². The first-order valence-electron chi connectivity index (χ1n) is 9.52. The van der Waals surface area contributed by atoms with E-state index in [0.717, 1.165) is 31.7 Å². The number of anilines is 1. The summed E-state index contributed by atoms with van der Waals surface area (Å²) in [6.07, 6.45) is 1.76. The van der Waals surface area contributed by atoms with Crippen LogP contribution >= 0.6 is 11.3 Å². The lowest BCUT2D eigenvalue weighted by Gasteiger charge is -2.32. The fourth-order valence-corrected chi connectivity index (χ4v) is 3.60. The SMILES string of the molecule is CCOC(=O)Cc1csc(NN=Cc2ccccc2C(=O)N2CCN(C)CC2)n1. The van der Waals surface area contributed by atoms with Gasteiger partial charge in [0, 0.05) is 42.7 Å². The first kappa shape index (κ1) is 20.9. The molecule has 0 radical (unpaired) electrons. The molecule has 1 aliphatic heterocycles. The lowest BCUT2D eigenvalue weighted by molar-refractivity contribution is -0.142. The zero-order chi connectivity index (χ0) is 20.6. The highest BCUT2D eigenvalue weighted by molar-refractivity contribution is 7.13. The van der Waals surface area contributed by atoms with Crippen molar-refractivity contribution in [3.05, 3.63) is 46.5 Å². The fourth-order valence-electron chi connectivity index (χ4n) is 2.94. The quantitative estimate of drug-likeness (QED) is 0.423. The number of carbonyl (C=O) groups is 2. The van der Waals surface area contributed by atoms with Crippen LogP contribution < -0.4 is 5.43 Å². The molecule has 3 rings (SSSR count). The molecule has 2 aromatic rings. The van der Waals surface area contributed by atoms with Gasteiger partial charge in [0.05, 0.1) is 24.9 Å². The number of aromatic nitrogens is 1. The summed E-state index contributed by atoms with van der Waals surface area (Å²) >= 11 is 1.35. The maximum atomic E-state index is 12.9. The summed E-state index contributed by atoms with van der Waals surface area (Å²) in [7, 11) is 2.06. The number of hydrogen-bond acceptors (Lipinski definition) is 8.